The molecule has 0 heterocycles. The van der Waals surface area contributed by atoms with Crippen LogP contribution < -0.4 is 0 Å². The van der Waals surface area contributed by atoms with Crippen LogP contribution in [-0.2, 0) is 17.8 Å². The molecule has 0 aromatic heterocycles. The van der Waals surface area contributed by atoms with Gasteiger partial charge in [-0.2, -0.15) is 0 Å². The molecule has 0 aromatic carbocycles. The fourth-order valence-corrected chi connectivity index (χ4v) is 16.4. The topological polar surface area (TPSA) is 65.0 Å². The second-order valence-electron chi connectivity index (χ2n) is 10.0. The summed E-state index contributed by atoms with van der Waals surface area (Å²) in [6.07, 6.45) is 2.41. The summed E-state index contributed by atoms with van der Waals surface area (Å²) in [6, 6.07) is 0.865. The van der Waals surface area contributed by atoms with Crippen LogP contribution in [0.5, 0.6) is 0 Å². The summed E-state index contributed by atoms with van der Waals surface area (Å²) in [4.78, 5) is 11.8. The molecule has 0 aromatic rings. The number of esters is 1. The Balaban J connectivity index is 2.78. The van der Waals surface area contributed by atoms with Crippen LogP contribution in [0.4, 0.5) is 0 Å². The highest BCUT2D eigenvalue weighted by Crippen LogP contribution is 2.34. The average molecular weight is 433 g/mol. The molecule has 0 aliphatic heterocycles. The van der Waals surface area contributed by atoms with E-state index in [-0.39, 0.29) is 5.92 Å². The minimum Gasteiger partial charge on any atom is -0.456 e. The summed E-state index contributed by atoms with van der Waals surface area (Å²) in [5, 5.41) is 10.8. The number of hydrogen-bond donors (Lipinski definition) is 1. The van der Waals surface area contributed by atoms with Crippen molar-refractivity contribution in [2.75, 3.05) is 0 Å². The van der Waals surface area contributed by atoms with Gasteiger partial charge in [0.2, 0.25) is 0 Å². The number of aliphatic hydroxyl groups is 1. The molecule has 1 rings (SSSR count). The zero-order valence-electron chi connectivity index (χ0n) is 18.6. The van der Waals surface area contributed by atoms with Gasteiger partial charge >= 0.3 is 14.5 Å². The molecule has 1 aliphatic rings. The Kier molecular flexibility index (Phi) is 8.71. The van der Waals surface area contributed by atoms with Crippen molar-refractivity contribution in [3.05, 3.63) is 12.2 Å². The summed E-state index contributed by atoms with van der Waals surface area (Å²) in [5.74, 6) is -0.299. The molecule has 8 heteroatoms. The van der Waals surface area contributed by atoms with Crippen molar-refractivity contribution in [3.8, 4) is 0 Å². The van der Waals surface area contributed by atoms with Gasteiger partial charge in [0.15, 0.2) is 16.6 Å². The fraction of sp³-hybridized carbons (Fsp3) is 0.842. The van der Waals surface area contributed by atoms with Gasteiger partial charge in [-0.15, -0.1) is 0 Å². The van der Waals surface area contributed by atoms with E-state index in [1.165, 1.54) is 0 Å². The molecule has 1 fully saturated rings. The first kappa shape index (κ1) is 24.8. The highest BCUT2D eigenvalue weighted by atomic mass is 28.5. The van der Waals surface area contributed by atoms with Crippen molar-refractivity contribution in [3.63, 3.8) is 0 Å². The molecule has 1 aliphatic carbocycles. The van der Waals surface area contributed by atoms with Gasteiger partial charge in [-0.25, -0.2) is 4.79 Å². The van der Waals surface area contributed by atoms with E-state index < -0.39 is 43.4 Å². The van der Waals surface area contributed by atoms with Crippen LogP contribution in [0.2, 0.25) is 51.9 Å². The van der Waals surface area contributed by atoms with E-state index in [9.17, 15) is 9.90 Å². The molecule has 5 nitrogen and oxygen atoms in total. The van der Waals surface area contributed by atoms with Crippen molar-refractivity contribution in [2.24, 2.45) is 5.92 Å². The Morgan fingerprint density at radius 3 is 2.00 bits per heavy atom. The predicted octanol–water partition coefficient (Wildman–Crippen LogP) is 4.80. The minimum atomic E-state index is -2.32. The summed E-state index contributed by atoms with van der Waals surface area (Å²) in [6.45, 7) is 20.7. The standard InChI is InChI=1S/C19H40O5Si3/c1-15(2)19(21)22-17-12-10-11-16(18(17)20)13-14-27(9,23-25(3,4)5)24-26(6,7)8/h16-18,20H,1,10-14H2,2-9H3. The second-order valence-corrected chi connectivity index (χ2v) is 22.9. The lowest BCUT2D eigenvalue weighted by Gasteiger charge is -2.40. The Labute approximate surface area is 169 Å². The Hall–Kier alpha value is -0.259. The van der Waals surface area contributed by atoms with E-state index in [1.807, 2.05) is 0 Å². The maximum absolute atomic E-state index is 11.8. The van der Waals surface area contributed by atoms with Gasteiger partial charge in [-0.05, 0) is 90.4 Å². The first-order chi connectivity index (χ1) is 12.1. The third-order valence-electron chi connectivity index (χ3n) is 4.55. The number of hydrogen-bond acceptors (Lipinski definition) is 5. The molecule has 158 valence electrons. The molecule has 0 saturated heterocycles. The van der Waals surface area contributed by atoms with Crippen molar-refractivity contribution in [2.45, 2.75) is 96.7 Å². The molecule has 3 atom stereocenters. The van der Waals surface area contributed by atoms with E-state index in [2.05, 4.69) is 52.4 Å². The van der Waals surface area contributed by atoms with E-state index in [0.717, 1.165) is 25.3 Å². The minimum absolute atomic E-state index is 0.115. The zero-order valence-corrected chi connectivity index (χ0v) is 21.6. The third kappa shape index (κ3) is 9.19. The average Bonchev–Trinajstić information content (AvgIpc) is 2.44. The number of ether oxygens (including phenoxy) is 1. The van der Waals surface area contributed by atoms with Crippen LogP contribution in [0.3, 0.4) is 0 Å². The molecule has 0 bridgehead atoms. The lowest BCUT2D eigenvalue weighted by molar-refractivity contribution is -0.156. The molecule has 3 unspecified atom stereocenters. The number of carbonyl (C=O) groups excluding carboxylic acids is 1. The lowest BCUT2D eigenvalue weighted by Crippen LogP contribution is -2.53. The number of aliphatic hydroxyl groups excluding tert-OH is 1. The van der Waals surface area contributed by atoms with E-state index in [4.69, 9.17) is 13.0 Å². The zero-order chi connectivity index (χ0) is 21.0. The fourth-order valence-electron chi connectivity index (χ4n) is 3.77. The van der Waals surface area contributed by atoms with Crippen molar-refractivity contribution in [1.82, 2.24) is 0 Å². The van der Waals surface area contributed by atoms with Gasteiger partial charge in [-0.3, -0.25) is 0 Å². The summed E-state index contributed by atoms with van der Waals surface area (Å²) in [5.41, 5.74) is 0.372. The van der Waals surface area contributed by atoms with Crippen LogP contribution in [0, 0.1) is 5.92 Å². The molecule has 0 amide bonds. The maximum Gasteiger partial charge on any atom is 0.333 e. The molecular formula is C19H40O5Si3. The molecule has 1 N–H and O–H groups in total. The van der Waals surface area contributed by atoms with E-state index in [0.29, 0.717) is 12.0 Å². The summed E-state index contributed by atoms with van der Waals surface area (Å²) >= 11 is 0. The molecule has 0 radical (unpaired) electrons. The highest BCUT2D eigenvalue weighted by Gasteiger charge is 2.42. The molecule has 27 heavy (non-hydrogen) atoms. The Morgan fingerprint density at radius 2 is 1.56 bits per heavy atom. The second kappa shape index (κ2) is 9.49. The maximum atomic E-state index is 11.8. The van der Waals surface area contributed by atoms with Crippen LogP contribution in [0.1, 0.15) is 32.6 Å². The SMILES string of the molecule is C=C(C)C(=O)OC1CCCC(CC[Si](C)(O[Si](C)(C)C)O[Si](C)(C)C)C1O. The highest BCUT2D eigenvalue weighted by molar-refractivity contribution is 6.87. The number of carbonyl (C=O) groups is 1. The predicted molar refractivity (Wildman–Crippen MR) is 118 cm³/mol. The number of rotatable bonds is 9. The normalized spacial score (nSPS) is 24.6. The van der Waals surface area contributed by atoms with Gasteiger partial charge in [0.05, 0.1) is 6.10 Å². The van der Waals surface area contributed by atoms with Crippen LogP contribution in [-0.4, -0.2) is 48.5 Å². The smallest absolute Gasteiger partial charge is 0.333 e. The van der Waals surface area contributed by atoms with Gasteiger partial charge in [0, 0.05) is 5.57 Å². The van der Waals surface area contributed by atoms with E-state index >= 15 is 0 Å². The lowest BCUT2D eigenvalue weighted by atomic mass is 9.83. The molecule has 1 saturated carbocycles. The van der Waals surface area contributed by atoms with Crippen LogP contribution in [0.15, 0.2) is 12.2 Å². The Morgan fingerprint density at radius 1 is 1.04 bits per heavy atom. The first-order valence-corrected chi connectivity index (χ1v) is 19.4. The van der Waals surface area contributed by atoms with Gasteiger partial charge in [-0.1, -0.05) is 6.58 Å². The van der Waals surface area contributed by atoms with Crippen LogP contribution in [0.25, 0.3) is 0 Å². The molecule has 0 spiro atoms. The van der Waals surface area contributed by atoms with Crippen molar-refractivity contribution >= 4 is 31.2 Å². The van der Waals surface area contributed by atoms with Gasteiger partial charge in [0.25, 0.3) is 0 Å². The van der Waals surface area contributed by atoms with Crippen molar-refractivity contribution < 1.29 is 22.9 Å². The largest absolute Gasteiger partial charge is 0.456 e. The quantitative estimate of drug-likeness (QED) is 0.322. The third-order valence-corrected chi connectivity index (χ3v) is 14.1. The summed E-state index contributed by atoms with van der Waals surface area (Å²) in [7, 11) is -5.77. The van der Waals surface area contributed by atoms with Gasteiger partial charge in [0.1, 0.15) is 6.10 Å². The van der Waals surface area contributed by atoms with E-state index in [1.54, 1.807) is 6.92 Å². The summed E-state index contributed by atoms with van der Waals surface area (Å²) < 4.78 is 18.6. The first-order valence-electron chi connectivity index (χ1n) is 10.1. The monoisotopic (exact) mass is 432 g/mol. The van der Waals surface area contributed by atoms with Gasteiger partial charge < -0.3 is 18.1 Å². The Bertz CT molecular complexity index is 508. The molecular weight excluding hydrogens is 392 g/mol. The van der Waals surface area contributed by atoms with Crippen LogP contribution >= 0.6 is 0 Å². The van der Waals surface area contributed by atoms with Crippen molar-refractivity contribution in [1.29, 1.82) is 0 Å².